The third-order valence-corrected chi connectivity index (χ3v) is 0. The monoisotopic (exact) mass is 309 g/mol. The Labute approximate surface area is 64.8 Å². The van der Waals surface area contributed by atoms with Gasteiger partial charge < -0.3 is 5.11 Å². The normalized spacial score (nSPS) is 6.00. The predicted octanol–water partition coefficient (Wildman–Crippen LogP) is 0.382. The smallest absolute Gasteiger partial charge is 0.0483 e. The number of aliphatic hydroxyl groups is 1. The molecule has 0 atom stereocenters. The van der Waals surface area contributed by atoms with Crippen molar-refractivity contribution in [2.24, 2.45) is 0 Å². The van der Waals surface area contributed by atoms with E-state index in [-0.39, 0.29) is 45.8 Å². The van der Waals surface area contributed by atoms with E-state index in [9.17, 15) is 0 Å². The first kappa shape index (κ1) is 15.7. The quantitative estimate of drug-likeness (QED) is 0.642. The van der Waals surface area contributed by atoms with Crippen LogP contribution in [-0.2, 0) is 39.7 Å². The third kappa shape index (κ3) is 61.7. The zero-order valence-electron chi connectivity index (χ0n) is 3.73. The van der Waals surface area contributed by atoms with Crippen molar-refractivity contribution in [3.05, 3.63) is 0 Å². The van der Waals surface area contributed by atoms with Crippen LogP contribution in [0, 0.1) is 0 Å². The summed E-state index contributed by atoms with van der Waals surface area (Å²) in [6, 6.07) is 0. The summed E-state index contributed by atoms with van der Waals surface area (Å²) in [5.41, 5.74) is 0. The van der Waals surface area contributed by atoms with Crippen LogP contribution in [0.5, 0.6) is 0 Å². The maximum absolute atomic E-state index is 8.06. The molecule has 0 aliphatic heterocycles. The van der Waals surface area contributed by atoms with Crippen molar-refractivity contribution in [3.8, 4) is 0 Å². The Morgan fingerprint density at radius 1 is 1.33 bits per heavy atom. The van der Waals surface area contributed by atoms with Crippen molar-refractivity contribution >= 4 is 0 Å². The van der Waals surface area contributed by atoms with E-state index >= 15 is 0 Å². The van der Waals surface area contributed by atoms with E-state index < -0.39 is 0 Å². The van der Waals surface area contributed by atoms with Crippen molar-refractivity contribution < 1.29 is 44.8 Å². The van der Waals surface area contributed by atoms with Crippen LogP contribution in [0.1, 0.15) is 13.8 Å². The first-order valence-corrected chi connectivity index (χ1v) is 1.41. The summed E-state index contributed by atoms with van der Waals surface area (Å²) in [6.45, 7) is 3.44. The average Bonchev–Trinajstić information content (AvgIpc) is 0.811. The van der Waals surface area contributed by atoms with Crippen molar-refractivity contribution in [2.45, 2.75) is 20.0 Å². The Morgan fingerprint density at radius 3 is 1.33 bits per heavy atom. The first-order valence-electron chi connectivity index (χ1n) is 1.41. The van der Waals surface area contributed by atoms with Crippen LogP contribution in [0.25, 0.3) is 0 Å². The summed E-state index contributed by atoms with van der Waals surface area (Å²) in [6.07, 6.45) is -0.167. The summed E-state index contributed by atoms with van der Waals surface area (Å²) in [4.78, 5) is 0. The summed E-state index contributed by atoms with van der Waals surface area (Å²) < 4.78 is 0. The molecular weight excluding hydrogens is 301 g/mol. The molecule has 0 saturated heterocycles. The van der Waals surface area contributed by atoms with Crippen LogP contribution < -0.4 is 0 Å². The molecule has 0 aliphatic carbocycles. The Kier molecular flexibility index (Phi) is 24.9. The van der Waals surface area contributed by atoms with Gasteiger partial charge in [0, 0.05) is 45.8 Å². The van der Waals surface area contributed by atoms with Gasteiger partial charge in [-0.05, 0) is 13.8 Å². The average molecular weight is 309 g/mol. The standard InChI is InChI=1S/C3H8O.Au.Cr/c1-3(2)4;;/h3-4H,1-2H3;;. The Hall–Kier alpha value is 1.23. The van der Waals surface area contributed by atoms with Gasteiger partial charge in [0.2, 0.25) is 0 Å². The number of hydrogen-bond donors (Lipinski definition) is 1. The molecule has 0 fully saturated rings. The first-order chi connectivity index (χ1) is 1.73. The van der Waals surface area contributed by atoms with Crippen LogP contribution in [0.15, 0.2) is 0 Å². The number of rotatable bonds is 0. The zero-order chi connectivity index (χ0) is 3.58. The molecule has 1 nitrogen and oxygen atoms in total. The van der Waals surface area contributed by atoms with Crippen LogP contribution in [0.2, 0.25) is 0 Å². The second-order valence-corrected chi connectivity index (χ2v) is 1.09. The molecule has 3 heteroatoms. The number of hydrogen-bond acceptors (Lipinski definition) is 1. The molecule has 0 aromatic heterocycles. The van der Waals surface area contributed by atoms with Crippen LogP contribution in [0.4, 0.5) is 0 Å². The van der Waals surface area contributed by atoms with Crippen LogP contribution in [-0.4, -0.2) is 11.2 Å². The van der Waals surface area contributed by atoms with Crippen molar-refractivity contribution in [1.29, 1.82) is 0 Å². The fourth-order valence-corrected chi connectivity index (χ4v) is 0. The minimum Gasteiger partial charge on any atom is -0.394 e. The fraction of sp³-hybridized carbons (Fsp3) is 1.00. The molecule has 0 unspecified atom stereocenters. The molecule has 0 aromatic carbocycles. The summed E-state index contributed by atoms with van der Waals surface area (Å²) >= 11 is 0. The van der Waals surface area contributed by atoms with Gasteiger partial charge in [0.25, 0.3) is 0 Å². The molecule has 0 heterocycles. The zero-order valence-corrected chi connectivity index (χ0v) is 7.18. The van der Waals surface area contributed by atoms with Crippen LogP contribution in [0.3, 0.4) is 0 Å². The van der Waals surface area contributed by atoms with Gasteiger partial charge in [0.05, 0.1) is 0 Å². The molecule has 0 saturated carbocycles. The topological polar surface area (TPSA) is 20.2 Å². The SMILES string of the molecule is CC(C)O.[Au].[Cr]. The van der Waals surface area contributed by atoms with Crippen LogP contribution >= 0.6 is 0 Å². The third-order valence-electron chi connectivity index (χ3n) is 0. The Balaban J connectivity index is -0.0000000450. The molecule has 1 radical (unpaired) electrons. The molecule has 6 heavy (non-hydrogen) atoms. The minimum absolute atomic E-state index is 0. The molecule has 0 rings (SSSR count). The molecule has 43 valence electrons. The van der Waals surface area contributed by atoms with Gasteiger partial charge >= 0.3 is 0 Å². The Bertz CT molecular complexity index is 15.5. The molecule has 0 bridgehead atoms. The van der Waals surface area contributed by atoms with Crippen molar-refractivity contribution in [2.75, 3.05) is 0 Å². The van der Waals surface area contributed by atoms with Gasteiger partial charge in [0.1, 0.15) is 0 Å². The fourth-order valence-electron chi connectivity index (χ4n) is 0. The molecule has 1 N–H and O–H groups in total. The molecule has 0 amide bonds. The second-order valence-electron chi connectivity index (χ2n) is 1.09. The van der Waals surface area contributed by atoms with Crippen molar-refractivity contribution in [1.82, 2.24) is 0 Å². The van der Waals surface area contributed by atoms with Gasteiger partial charge in [0.15, 0.2) is 0 Å². The van der Waals surface area contributed by atoms with E-state index in [4.69, 9.17) is 5.11 Å². The predicted molar refractivity (Wildman–Crippen MR) is 17.4 cm³/mol. The largest absolute Gasteiger partial charge is 0.394 e. The molecule has 0 aliphatic rings. The summed E-state index contributed by atoms with van der Waals surface area (Å²) in [5, 5.41) is 8.06. The summed E-state index contributed by atoms with van der Waals surface area (Å²) in [7, 11) is 0. The van der Waals surface area contributed by atoms with Gasteiger partial charge in [-0.25, -0.2) is 0 Å². The van der Waals surface area contributed by atoms with Gasteiger partial charge in [-0.3, -0.25) is 0 Å². The molecule has 0 spiro atoms. The summed E-state index contributed by atoms with van der Waals surface area (Å²) in [5.74, 6) is 0. The molecule has 0 aromatic rings. The van der Waals surface area contributed by atoms with E-state index in [1.165, 1.54) is 0 Å². The van der Waals surface area contributed by atoms with E-state index in [2.05, 4.69) is 0 Å². The minimum atomic E-state index is -0.167. The maximum atomic E-state index is 8.06. The van der Waals surface area contributed by atoms with E-state index in [0.717, 1.165) is 0 Å². The van der Waals surface area contributed by atoms with E-state index in [0.29, 0.717) is 0 Å². The second kappa shape index (κ2) is 9.53. The van der Waals surface area contributed by atoms with Gasteiger partial charge in [-0.1, -0.05) is 0 Å². The number of aliphatic hydroxyl groups excluding tert-OH is 1. The van der Waals surface area contributed by atoms with Gasteiger partial charge in [-0.2, -0.15) is 0 Å². The van der Waals surface area contributed by atoms with E-state index in [1.54, 1.807) is 13.8 Å². The Morgan fingerprint density at radius 2 is 1.33 bits per heavy atom. The molecular formula is C3H8AuCrO. The maximum Gasteiger partial charge on any atom is 0.0483 e. The van der Waals surface area contributed by atoms with Crippen molar-refractivity contribution in [3.63, 3.8) is 0 Å². The van der Waals surface area contributed by atoms with E-state index in [1.807, 2.05) is 0 Å². The van der Waals surface area contributed by atoms with Gasteiger partial charge in [-0.15, -0.1) is 0 Å².